The van der Waals surface area contributed by atoms with Gasteiger partial charge in [0.15, 0.2) is 5.96 Å². The molecule has 4 rings (SSSR count). The van der Waals surface area contributed by atoms with Gasteiger partial charge in [0.25, 0.3) is 0 Å². The van der Waals surface area contributed by atoms with Crippen LogP contribution in [0.2, 0.25) is 0 Å². The number of nitrogens with zero attached hydrogens (tertiary/aromatic N) is 2. The second kappa shape index (κ2) is 8.03. The number of benzene rings is 2. The quantitative estimate of drug-likeness (QED) is 0.644. The van der Waals surface area contributed by atoms with Crippen LogP contribution in [-0.2, 0) is 0 Å². The van der Waals surface area contributed by atoms with Crippen molar-refractivity contribution in [1.29, 1.82) is 0 Å². The van der Waals surface area contributed by atoms with Gasteiger partial charge in [-0.2, -0.15) is 0 Å². The van der Waals surface area contributed by atoms with E-state index < -0.39 is 0 Å². The highest BCUT2D eigenvalue weighted by atomic mass is 15.2. The molecule has 4 nitrogen and oxygen atoms in total. The third kappa shape index (κ3) is 4.26. The number of guanidine groups is 1. The molecule has 1 saturated heterocycles. The van der Waals surface area contributed by atoms with E-state index in [-0.39, 0.29) is 0 Å². The van der Waals surface area contributed by atoms with Crippen molar-refractivity contribution < 1.29 is 0 Å². The Bertz CT molecular complexity index is 778. The molecule has 1 saturated carbocycles. The number of hydrogen-bond donors (Lipinski definition) is 2. The van der Waals surface area contributed by atoms with Crippen LogP contribution in [0.3, 0.4) is 0 Å². The number of anilines is 1. The van der Waals surface area contributed by atoms with Gasteiger partial charge in [-0.05, 0) is 49.4 Å². The molecule has 1 aliphatic heterocycles. The minimum Gasteiger partial charge on any atom is -0.371 e. The van der Waals surface area contributed by atoms with Gasteiger partial charge in [0.1, 0.15) is 0 Å². The Morgan fingerprint density at radius 1 is 0.963 bits per heavy atom. The van der Waals surface area contributed by atoms with Crippen molar-refractivity contribution in [3.63, 3.8) is 0 Å². The molecular weight excluding hydrogens is 332 g/mol. The Balaban J connectivity index is 1.27. The first kappa shape index (κ1) is 17.9. The number of rotatable bonds is 4. The molecule has 1 heterocycles. The fourth-order valence-corrected chi connectivity index (χ4v) is 4.16. The number of para-hydroxylation sites is 1. The van der Waals surface area contributed by atoms with Crippen molar-refractivity contribution in [3.8, 4) is 0 Å². The van der Waals surface area contributed by atoms with Gasteiger partial charge < -0.3 is 15.5 Å². The van der Waals surface area contributed by atoms with E-state index in [0.29, 0.717) is 18.0 Å². The summed E-state index contributed by atoms with van der Waals surface area (Å²) in [6.45, 7) is 4.39. The number of aryl methyl sites for hydroxylation is 1. The fourth-order valence-electron chi connectivity index (χ4n) is 4.16. The summed E-state index contributed by atoms with van der Waals surface area (Å²) in [6.07, 6.45) is 3.47. The SMILES string of the molecule is CN=C(NC1CCN(c2ccccc2)CC1)NC1CC1c1ccccc1C. The predicted molar refractivity (Wildman–Crippen MR) is 114 cm³/mol. The Hall–Kier alpha value is -2.49. The molecule has 27 heavy (non-hydrogen) atoms. The van der Waals surface area contributed by atoms with Gasteiger partial charge in [-0.25, -0.2) is 0 Å². The van der Waals surface area contributed by atoms with E-state index in [1.165, 1.54) is 23.2 Å². The minimum absolute atomic E-state index is 0.492. The first-order chi connectivity index (χ1) is 13.2. The molecule has 2 unspecified atom stereocenters. The van der Waals surface area contributed by atoms with Gasteiger partial charge in [-0.15, -0.1) is 0 Å². The van der Waals surface area contributed by atoms with Crippen LogP contribution < -0.4 is 15.5 Å². The molecule has 2 N–H and O–H groups in total. The van der Waals surface area contributed by atoms with Crippen LogP contribution >= 0.6 is 0 Å². The third-order valence-electron chi connectivity index (χ3n) is 5.88. The lowest BCUT2D eigenvalue weighted by Crippen LogP contribution is -2.49. The Labute approximate surface area is 162 Å². The third-order valence-corrected chi connectivity index (χ3v) is 5.88. The van der Waals surface area contributed by atoms with Crippen molar-refractivity contribution in [3.05, 3.63) is 65.7 Å². The Kier molecular flexibility index (Phi) is 5.33. The molecule has 1 aliphatic carbocycles. The molecule has 2 aromatic rings. The van der Waals surface area contributed by atoms with Crippen LogP contribution in [0.1, 0.15) is 36.3 Å². The van der Waals surface area contributed by atoms with Gasteiger partial charge in [0, 0.05) is 43.8 Å². The van der Waals surface area contributed by atoms with E-state index in [2.05, 4.69) is 82.0 Å². The molecule has 0 spiro atoms. The first-order valence-electron chi connectivity index (χ1n) is 10.1. The van der Waals surface area contributed by atoms with Crippen molar-refractivity contribution in [2.45, 2.75) is 44.2 Å². The molecule has 0 bridgehead atoms. The molecular formula is C23H30N4. The molecule has 2 aromatic carbocycles. The van der Waals surface area contributed by atoms with E-state index in [0.717, 1.165) is 31.9 Å². The molecule has 4 heteroatoms. The second-order valence-corrected chi connectivity index (χ2v) is 7.76. The number of piperidine rings is 1. The zero-order valence-corrected chi connectivity index (χ0v) is 16.4. The molecule has 0 aromatic heterocycles. The highest BCUT2D eigenvalue weighted by Gasteiger charge is 2.39. The summed E-state index contributed by atoms with van der Waals surface area (Å²) in [5.41, 5.74) is 4.20. The summed E-state index contributed by atoms with van der Waals surface area (Å²) >= 11 is 0. The van der Waals surface area contributed by atoms with Crippen molar-refractivity contribution in [1.82, 2.24) is 10.6 Å². The lowest BCUT2D eigenvalue weighted by Gasteiger charge is -2.34. The smallest absolute Gasteiger partial charge is 0.191 e. The van der Waals surface area contributed by atoms with Gasteiger partial charge in [-0.3, -0.25) is 4.99 Å². The van der Waals surface area contributed by atoms with Crippen molar-refractivity contribution in [2.75, 3.05) is 25.0 Å². The minimum atomic E-state index is 0.492. The normalized spacial score (nSPS) is 23.2. The molecule has 0 amide bonds. The van der Waals surface area contributed by atoms with Gasteiger partial charge >= 0.3 is 0 Å². The fraction of sp³-hybridized carbons (Fsp3) is 0.435. The maximum Gasteiger partial charge on any atom is 0.191 e. The van der Waals surface area contributed by atoms with E-state index in [1.807, 2.05) is 7.05 Å². The number of nitrogens with one attached hydrogen (secondary N) is 2. The van der Waals surface area contributed by atoms with Crippen molar-refractivity contribution >= 4 is 11.6 Å². The van der Waals surface area contributed by atoms with E-state index in [9.17, 15) is 0 Å². The van der Waals surface area contributed by atoms with Crippen LogP contribution in [0.25, 0.3) is 0 Å². The van der Waals surface area contributed by atoms with Crippen LogP contribution in [-0.4, -0.2) is 38.2 Å². The summed E-state index contributed by atoms with van der Waals surface area (Å²) in [4.78, 5) is 6.95. The molecule has 2 aliphatic rings. The van der Waals surface area contributed by atoms with Gasteiger partial charge in [0.2, 0.25) is 0 Å². The topological polar surface area (TPSA) is 39.7 Å². The average molecular weight is 363 g/mol. The lowest BCUT2D eigenvalue weighted by atomic mass is 10.0. The standard InChI is InChI=1S/C23H30N4/c1-17-8-6-7-11-20(17)21-16-22(21)26-23(24-2)25-18-12-14-27(15-13-18)19-9-4-3-5-10-19/h3-11,18,21-22H,12-16H2,1-2H3,(H2,24,25,26). The van der Waals surface area contributed by atoms with E-state index in [1.54, 1.807) is 0 Å². The molecule has 0 radical (unpaired) electrons. The lowest BCUT2D eigenvalue weighted by molar-refractivity contribution is 0.461. The zero-order chi connectivity index (χ0) is 18.6. The summed E-state index contributed by atoms with van der Waals surface area (Å²) in [5.74, 6) is 1.57. The van der Waals surface area contributed by atoms with E-state index in [4.69, 9.17) is 0 Å². The average Bonchev–Trinajstić information content (AvgIpc) is 3.48. The summed E-state index contributed by atoms with van der Waals surface area (Å²) in [5, 5.41) is 7.28. The van der Waals surface area contributed by atoms with E-state index >= 15 is 0 Å². The van der Waals surface area contributed by atoms with Crippen LogP contribution in [0.5, 0.6) is 0 Å². The molecule has 2 fully saturated rings. The van der Waals surface area contributed by atoms with Crippen molar-refractivity contribution in [2.24, 2.45) is 4.99 Å². The van der Waals surface area contributed by atoms with Crippen LogP contribution in [0.15, 0.2) is 59.6 Å². The highest BCUT2D eigenvalue weighted by molar-refractivity contribution is 5.81. The first-order valence-corrected chi connectivity index (χ1v) is 10.1. The predicted octanol–water partition coefficient (Wildman–Crippen LogP) is 3.68. The highest BCUT2D eigenvalue weighted by Crippen LogP contribution is 2.42. The largest absolute Gasteiger partial charge is 0.371 e. The molecule has 142 valence electrons. The maximum absolute atomic E-state index is 4.47. The Morgan fingerprint density at radius 3 is 2.37 bits per heavy atom. The Morgan fingerprint density at radius 2 is 1.67 bits per heavy atom. The van der Waals surface area contributed by atoms with Gasteiger partial charge in [0.05, 0.1) is 0 Å². The number of hydrogen-bond acceptors (Lipinski definition) is 2. The summed E-state index contributed by atoms with van der Waals surface area (Å²) in [6, 6.07) is 20.4. The van der Waals surface area contributed by atoms with Crippen LogP contribution in [0.4, 0.5) is 5.69 Å². The maximum atomic E-state index is 4.47. The number of aliphatic imine (C=N–C) groups is 1. The summed E-state index contributed by atoms with van der Waals surface area (Å²) < 4.78 is 0. The molecule has 2 atom stereocenters. The second-order valence-electron chi connectivity index (χ2n) is 7.76. The van der Waals surface area contributed by atoms with Crippen LogP contribution in [0, 0.1) is 6.92 Å². The monoisotopic (exact) mass is 362 g/mol. The van der Waals surface area contributed by atoms with Gasteiger partial charge in [-0.1, -0.05) is 42.5 Å². The summed E-state index contributed by atoms with van der Waals surface area (Å²) in [7, 11) is 1.87. The zero-order valence-electron chi connectivity index (χ0n) is 16.4.